The molecule has 1 atom stereocenters. The van der Waals surface area contributed by atoms with Gasteiger partial charge in [0.2, 0.25) is 5.88 Å². The average Bonchev–Trinajstić information content (AvgIpc) is 2.39. The van der Waals surface area contributed by atoms with Crippen molar-refractivity contribution in [2.24, 2.45) is 0 Å². The van der Waals surface area contributed by atoms with Gasteiger partial charge in [-0.25, -0.2) is 4.98 Å². The molecular weight excluding hydrogens is 250 g/mol. The molecule has 1 unspecified atom stereocenters. The molecule has 0 N–H and O–H groups in total. The average molecular weight is 270 g/mol. The van der Waals surface area contributed by atoms with E-state index in [4.69, 9.17) is 16.3 Å². The number of rotatable bonds is 4. The van der Waals surface area contributed by atoms with E-state index in [1.54, 1.807) is 7.11 Å². The summed E-state index contributed by atoms with van der Waals surface area (Å²) in [6, 6.07) is 2.41. The van der Waals surface area contributed by atoms with E-state index >= 15 is 0 Å². The first-order chi connectivity index (χ1) is 8.74. The fraction of sp³-hybridized carbons (Fsp3) is 0.692. The van der Waals surface area contributed by atoms with Crippen LogP contribution in [0.15, 0.2) is 6.07 Å². The minimum Gasteiger partial charge on any atom is -0.481 e. The van der Waals surface area contributed by atoms with E-state index in [9.17, 15) is 0 Å². The minimum absolute atomic E-state index is 0.496. The van der Waals surface area contributed by atoms with E-state index < -0.39 is 0 Å². The Bertz CT molecular complexity index is 398. The van der Waals surface area contributed by atoms with Gasteiger partial charge in [-0.1, -0.05) is 0 Å². The van der Waals surface area contributed by atoms with E-state index in [2.05, 4.69) is 14.9 Å². The van der Waals surface area contributed by atoms with Crippen LogP contribution in [0.2, 0.25) is 0 Å². The van der Waals surface area contributed by atoms with E-state index in [1.165, 1.54) is 19.3 Å². The number of hydrogen-bond donors (Lipinski definition) is 0. The number of nitrogens with zero attached hydrogens (tertiary/aromatic N) is 3. The van der Waals surface area contributed by atoms with Gasteiger partial charge in [0, 0.05) is 24.5 Å². The van der Waals surface area contributed by atoms with Crippen molar-refractivity contribution in [1.29, 1.82) is 0 Å². The van der Waals surface area contributed by atoms with E-state index in [0.29, 0.717) is 17.8 Å². The van der Waals surface area contributed by atoms with Crippen molar-refractivity contribution in [2.45, 2.75) is 38.6 Å². The van der Waals surface area contributed by atoms with Gasteiger partial charge in [0.15, 0.2) is 0 Å². The van der Waals surface area contributed by atoms with Gasteiger partial charge in [-0.2, -0.15) is 4.98 Å². The highest BCUT2D eigenvalue weighted by Crippen LogP contribution is 2.27. The molecule has 1 saturated heterocycles. The zero-order valence-corrected chi connectivity index (χ0v) is 11.8. The largest absolute Gasteiger partial charge is 0.481 e. The van der Waals surface area contributed by atoms with Crippen LogP contribution < -0.4 is 9.64 Å². The molecule has 1 aromatic heterocycles. The normalized spacial score (nSPS) is 19.9. The van der Waals surface area contributed by atoms with Gasteiger partial charge in [-0.05, 0) is 32.6 Å². The van der Waals surface area contributed by atoms with Crippen molar-refractivity contribution in [3.8, 4) is 5.88 Å². The molecule has 4 nitrogen and oxygen atoms in total. The molecule has 18 heavy (non-hydrogen) atoms. The van der Waals surface area contributed by atoms with Crippen molar-refractivity contribution in [2.75, 3.05) is 24.4 Å². The van der Waals surface area contributed by atoms with Crippen molar-refractivity contribution in [1.82, 2.24) is 9.97 Å². The quantitative estimate of drug-likeness (QED) is 0.788. The number of ether oxygens (including phenoxy) is 1. The van der Waals surface area contributed by atoms with Crippen molar-refractivity contribution in [3.05, 3.63) is 11.9 Å². The summed E-state index contributed by atoms with van der Waals surface area (Å²) in [6.45, 7) is 2.94. The summed E-state index contributed by atoms with van der Waals surface area (Å²) in [7, 11) is 1.64. The third-order valence-corrected chi connectivity index (χ3v) is 3.59. The third kappa shape index (κ3) is 3.05. The molecule has 0 bridgehead atoms. The van der Waals surface area contributed by atoms with Crippen LogP contribution in [0.1, 0.15) is 31.5 Å². The molecule has 0 spiro atoms. The summed E-state index contributed by atoms with van der Waals surface area (Å²) < 4.78 is 5.22. The lowest BCUT2D eigenvalue weighted by Crippen LogP contribution is -2.40. The monoisotopic (exact) mass is 269 g/mol. The number of methoxy groups -OCH3 is 1. The molecule has 2 rings (SSSR count). The Morgan fingerprint density at radius 3 is 3.00 bits per heavy atom. The number of aromatic nitrogens is 2. The van der Waals surface area contributed by atoms with Crippen LogP contribution in [0.4, 0.5) is 5.82 Å². The van der Waals surface area contributed by atoms with Crippen LogP contribution in [-0.4, -0.2) is 35.5 Å². The Hall–Kier alpha value is -1.03. The number of hydrogen-bond acceptors (Lipinski definition) is 4. The summed E-state index contributed by atoms with van der Waals surface area (Å²) in [6.07, 6.45) is 4.69. The van der Waals surface area contributed by atoms with Gasteiger partial charge in [0.25, 0.3) is 0 Å². The first kappa shape index (κ1) is 13.4. The molecule has 0 aliphatic carbocycles. The summed E-state index contributed by atoms with van der Waals surface area (Å²) >= 11 is 5.89. The summed E-state index contributed by atoms with van der Waals surface area (Å²) in [5, 5.41) is 0. The van der Waals surface area contributed by atoms with Crippen molar-refractivity contribution in [3.63, 3.8) is 0 Å². The number of piperidine rings is 1. The first-order valence-electron chi connectivity index (χ1n) is 6.47. The van der Waals surface area contributed by atoms with E-state index in [0.717, 1.165) is 24.6 Å². The fourth-order valence-corrected chi connectivity index (χ4v) is 2.76. The summed E-state index contributed by atoms with van der Waals surface area (Å²) in [5.74, 6) is 3.05. The SMILES string of the molecule is COc1cc(N2CCCCC2CCCl)nc(C)n1. The fourth-order valence-electron chi connectivity index (χ4n) is 2.51. The highest BCUT2D eigenvalue weighted by Gasteiger charge is 2.23. The molecule has 1 aliphatic heterocycles. The maximum Gasteiger partial charge on any atom is 0.218 e. The molecule has 1 aliphatic rings. The lowest BCUT2D eigenvalue weighted by atomic mass is 10.00. The second-order valence-electron chi connectivity index (χ2n) is 4.64. The molecule has 0 saturated carbocycles. The summed E-state index contributed by atoms with van der Waals surface area (Å²) in [5.41, 5.74) is 0. The summed E-state index contributed by atoms with van der Waals surface area (Å²) in [4.78, 5) is 11.1. The Balaban J connectivity index is 2.24. The van der Waals surface area contributed by atoms with Crippen LogP contribution in [0.5, 0.6) is 5.88 Å². The molecule has 2 heterocycles. The predicted octanol–water partition coefficient (Wildman–Crippen LogP) is 2.78. The van der Waals surface area contributed by atoms with Gasteiger partial charge in [0.1, 0.15) is 11.6 Å². The molecule has 100 valence electrons. The zero-order chi connectivity index (χ0) is 13.0. The number of halogens is 1. The van der Waals surface area contributed by atoms with E-state index in [-0.39, 0.29) is 0 Å². The second kappa shape index (κ2) is 6.23. The molecule has 1 aromatic rings. The van der Waals surface area contributed by atoms with Crippen LogP contribution >= 0.6 is 11.6 Å². The maximum atomic E-state index is 5.89. The highest BCUT2D eigenvalue weighted by molar-refractivity contribution is 6.17. The van der Waals surface area contributed by atoms with Gasteiger partial charge >= 0.3 is 0 Å². The Morgan fingerprint density at radius 1 is 1.44 bits per heavy atom. The molecule has 5 heteroatoms. The van der Waals surface area contributed by atoms with Crippen LogP contribution in [0.3, 0.4) is 0 Å². The third-order valence-electron chi connectivity index (χ3n) is 3.37. The van der Waals surface area contributed by atoms with Gasteiger partial charge < -0.3 is 9.64 Å². The zero-order valence-electron chi connectivity index (χ0n) is 11.0. The maximum absolute atomic E-state index is 5.89. The van der Waals surface area contributed by atoms with Crippen LogP contribution in [0, 0.1) is 6.92 Å². The smallest absolute Gasteiger partial charge is 0.218 e. The topological polar surface area (TPSA) is 38.2 Å². The van der Waals surface area contributed by atoms with Crippen LogP contribution in [0.25, 0.3) is 0 Å². The Morgan fingerprint density at radius 2 is 2.28 bits per heavy atom. The minimum atomic E-state index is 0.496. The Kier molecular flexibility index (Phi) is 4.64. The standard InChI is InChI=1S/C13H20ClN3O/c1-10-15-12(9-13(16-10)18-2)17-8-4-3-5-11(17)6-7-14/h9,11H,3-8H2,1-2H3. The van der Waals surface area contributed by atoms with Crippen molar-refractivity contribution < 1.29 is 4.74 Å². The highest BCUT2D eigenvalue weighted by atomic mass is 35.5. The molecule has 0 aromatic carbocycles. The predicted molar refractivity (Wildman–Crippen MR) is 73.6 cm³/mol. The first-order valence-corrected chi connectivity index (χ1v) is 7.00. The van der Waals surface area contributed by atoms with Gasteiger partial charge in [-0.3, -0.25) is 0 Å². The van der Waals surface area contributed by atoms with Crippen molar-refractivity contribution >= 4 is 17.4 Å². The molecule has 1 fully saturated rings. The molecule has 0 radical (unpaired) electrons. The number of aryl methyl sites for hydroxylation is 1. The lowest BCUT2D eigenvalue weighted by Gasteiger charge is -2.36. The number of anilines is 1. The number of alkyl halides is 1. The lowest BCUT2D eigenvalue weighted by molar-refractivity contribution is 0.393. The Labute approximate surface area is 113 Å². The van der Waals surface area contributed by atoms with Gasteiger partial charge in [0.05, 0.1) is 7.11 Å². The molecular formula is C13H20ClN3O. The van der Waals surface area contributed by atoms with E-state index in [1.807, 2.05) is 13.0 Å². The second-order valence-corrected chi connectivity index (χ2v) is 5.01. The molecule has 0 amide bonds. The van der Waals surface area contributed by atoms with Crippen LogP contribution in [-0.2, 0) is 0 Å². The van der Waals surface area contributed by atoms with Gasteiger partial charge in [-0.15, -0.1) is 11.6 Å².